The molecule has 0 unspecified atom stereocenters. The van der Waals surface area contributed by atoms with Gasteiger partial charge in [-0.25, -0.2) is 0 Å². The second-order valence-electron chi connectivity index (χ2n) is 10.8. The molecule has 0 saturated heterocycles. The minimum absolute atomic E-state index is 0.0825. The van der Waals surface area contributed by atoms with E-state index < -0.39 is 18.2 Å². The van der Waals surface area contributed by atoms with Crippen molar-refractivity contribution in [3.63, 3.8) is 0 Å². The molecule has 0 aliphatic heterocycles. The predicted octanol–water partition coefficient (Wildman–Crippen LogP) is 8.05. The molecule has 6 heteroatoms. The van der Waals surface area contributed by atoms with E-state index in [0.717, 1.165) is 0 Å². The zero-order chi connectivity index (χ0) is 31.6. The van der Waals surface area contributed by atoms with Crippen LogP contribution >= 0.6 is 7.14 Å². The van der Waals surface area contributed by atoms with Crippen molar-refractivity contribution in [3.8, 4) is 0 Å². The van der Waals surface area contributed by atoms with E-state index in [1.807, 2.05) is 12.1 Å². The highest BCUT2D eigenvalue weighted by Gasteiger charge is 2.45. The van der Waals surface area contributed by atoms with Gasteiger partial charge in [0.15, 0.2) is 11.6 Å². The Hall–Kier alpha value is -4.99. The summed E-state index contributed by atoms with van der Waals surface area (Å²) in [5.74, 6) is -0.561. The average Bonchev–Trinajstić information content (AvgIpc) is 3.05. The second kappa shape index (κ2) is 12.3. The summed E-state index contributed by atoms with van der Waals surface area (Å²) in [6.07, 6.45) is 0. The normalized spacial score (nSPS) is 11.2. The van der Waals surface area contributed by atoms with Crippen LogP contribution in [0.2, 0.25) is 0 Å². The van der Waals surface area contributed by atoms with E-state index in [4.69, 9.17) is 0 Å². The maximum atomic E-state index is 15.3. The van der Waals surface area contributed by atoms with E-state index in [0.29, 0.717) is 44.5 Å². The van der Waals surface area contributed by atoms with Crippen LogP contribution in [0.15, 0.2) is 115 Å². The highest BCUT2D eigenvalue weighted by molar-refractivity contribution is 8.01. The summed E-state index contributed by atoms with van der Waals surface area (Å²) in [5.41, 5.74) is 1.68. The molecule has 5 nitrogen and oxygen atoms in total. The number of ketones is 2. The summed E-state index contributed by atoms with van der Waals surface area (Å²) in [4.78, 5) is 56.2. The van der Waals surface area contributed by atoms with Gasteiger partial charge in [-0.05, 0) is 49.9 Å². The topological polar surface area (TPSA) is 85.3 Å². The minimum atomic E-state index is -4.55. The van der Waals surface area contributed by atoms with Gasteiger partial charge >= 0.3 is 0 Å². The lowest BCUT2D eigenvalue weighted by atomic mass is 9.93. The molecule has 0 saturated carbocycles. The van der Waals surface area contributed by atoms with E-state index in [1.165, 1.54) is 12.1 Å². The molecule has 0 radical (unpaired) electrons. The summed E-state index contributed by atoms with van der Waals surface area (Å²) < 4.78 is 15.3. The fourth-order valence-corrected chi connectivity index (χ4v) is 8.18. The number of hydrogen-bond acceptors (Lipinski definition) is 5. The fraction of sp³-hybridized carbons (Fsp3) is 0.105. The number of carbonyl (C=O) groups is 4. The Balaban J connectivity index is 1.69. The zero-order valence-electron chi connectivity index (χ0n) is 25.0. The summed E-state index contributed by atoms with van der Waals surface area (Å²) in [6, 6.07) is 32.0. The number of carbonyl (C=O) groups excluding carboxylic acids is 4. The Labute approximate surface area is 257 Å². The van der Waals surface area contributed by atoms with Crippen molar-refractivity contribution < 1.29 is 23.7 Å². The van der Waals surface area contributed by atoms with E-state index in [-0.39, 0.29) is 28.0 Å². The van der Waals surface area contributed by atoms with Crippen molar-refractivity contribution in [2.75, 3.05) is 0 Å². The Morgan fingerprint density at radius 2 is 0.795 bits per heavy atom. The summed E-state index contributed by atoms with van der Waals surface area (Å²) in [5, 5.41) is 0.0900. The maximum absolute atomic E-state index is 15.3. The van der Waals surface area contributed by atoms with Crippen molar-refractivity contribution in [1.29, 1.82) is 0 Å². The van der Waals surface area contributed by atoms with Crippen molar-refractivity contribution in [2.24, 2.45) is 0 Å². The van der Waals surface area contributed by atoms with E-state index in [9.17, 15) is 19.2 Å². The van der Waals surface area contributed by atoms with Crippen LogP contribution in [0.3, 0.4) is 0 Å². The van der Waals surface area contributed by atoms with Gasteiger partial charge in [0.25, 0.3) is 0 Å². The van der Waals surface area contributed by atoms with Gasteiger partial charge in [-0.1, -0.05) is 115 Å². The lowest BCUT2D eigenvalue weighted by Gasteiger charge is -2.22. The highest BCUT2D eigenvalue weighted by atomic mass is 31.2. The highest BCUT2D eigenvalue weighted by Crippen LogP contribution is 2.53. The van der Waals surface area contributed by atoms with Gasteiger partial charge in [0.2, 0.25) is 18.2 Å². The molecule has 0 heterocycles. The van der Waals surface area contributed by atoms with Crippen molar-refractivity contribution in [3.05, 3.63) is 171 Å². The third kappa shape index (κ3) is 5.32. The Kier molecular flexibility index (Phi) is 8.53. The van der Waals surface area contributed by atoms with E-state index in [2.05, 4.69) is 0 Å². The first-order valence-electron chi connectivity index (χ1n) is 14.2. The molecule has 0 N–H and O–H groups in total. The Bertz CT molecular complexity index is 1850. The average molecular weight is 599 g/mol. The van der Waals surface area contributed by atoms with Crippen molar-refractivity contribution in [1.82, 2.24) is 0 Å². The summed E-state index contributed by atoms with van der Waals surface area (Å²) >= 11 is 0. The van der Waals surface area contributed by atoms with Crippen molar-refractivity contribution >= 4 is 35.1 Å². The molecular weight excluding hydrogens is 567 g/mol. The second-order valence-corrected chi connectivity index (χ2v) is 13.4. The molecule has 0 atom stereocenters. The van der Waals surface area contributed by atoms with Crippen LogP contribution in [-0.2, 0) is 4.57 Å². The molecule has 0 fully saturated rings. The molecule has 44 heavy (non-hydrogen) atoms. The number of benzene rings is 5. The lowest BCUT2D eigenvalue weighted by molar-refractivity contribution is 0.103. The molecule has 0 aliphatic rings. The zero-order valence-corrected chi connectivity index (χ0v) is 25.9. The van der Waals surface area contributed by atoms with Gasteiger partial charge in [0.1, 0.15) is 0 Å². The molecular formula is C38H31O5P. The molecule has 218 valence electrons. The van der Waals surface area contributed by atoms with E-state index >= 15 is 4.57 Å². The van der Waals surface area contributed by atoms with Crippen molar-refractivity contribution in [2.45, 2.75) is 27.7 Å². The number of hydrogen-bond donors (Lipinski definition) is 0. The first kappa shape index (κ1) is 30.5. The number of rotatable bonds is 9. The standard InChI is InChI=1S/C38H31O5P/c1-24-20-22-31(35(39)28-14-8-5-9-15-28)26(3)33(24)37(41)44(43,30-18-12-7-13-19-30)38(42)34-25(2)21-23-32(27(34)4)36(40)29-16-10-6-11-17-29/h5-23H,1-4H3. The Morgan fingerprint density at radius 1 is 0.455 bits per heavy atom. The van der Waals surface area contributed by atoms with Crippen LogP contribution in [0.1, 0.15) is 74.8 Å². The van der Waals surface area contributed by atoms with Gasteiger partial charge in [-0.3, -0.25) is 19.2 Å². The van der Waals surface area contributed by atoms with Crippen LogP contribution in [0.5, 0.6) is 0 Å². The van der Waals surface area contributed by atoms with Gasteiger partial charge in [-0.2, -0.15) is 0 Å². The van der Waals surface area contributed by atoms with Gasteiger partial charge < -0.3 is 4.57 Å². The first-order chi connectivity index (χ1) is 21.1. The molecule has 5 rings (SSSR count). The van der Waals surface area contributed by atoms with Crippen LogP contribution in [0.4, 0.5) is 0 Å². The maximum Gasteiger partial charge on any atom is 0.248 e. The van der Waals surface area contributed by atoms with Gasteiger partial charge in [0.05, 0.1) is 0 Å². The van der Waals surface area contributed by atoms with Gasteiger partial charge in [0, 0.05) is 38.7 Å². The minimum Gasteiger partial charge on any atom is -0.302 e. The smallest absolute Gasteiger partial charge is 0.248 e. The molecule has 0 aromatic heterocycles. The summed E-state index contributed by atoms with van der Waals surface area (Å²) in [6.45, 7) is 6.69. The third-order valence-corrected chi connectivity index (χ3v) is 10.6. The lowest BCUT2D eigenvalue weighted by Crippen LogP contribution is -2.24. The fourth-order valence-electron chi connectivity index (χ4n) is 5.61. The molecule has 0 spiro atoms. The Morgan fingerprint density at radius 3 is 1.16 bits per heavy atom. The molecule has 0 aliphatic carbocycles. The monoisotopic (exact) mass is 598 g/mol. The van der Waals surface area contributed by atoms with Crippen LogP contribution in [-0.4, -0.2) is 22.6 Å². The molecule has 5 aromatic rings. The molecule has 5 aromatic carbocycles. The quantitative estimate of drug-likeness (QED) is 0.127. The number of aryl methyl sites for hydroxylation is 2. The first-order valence-corrected chi connectivity index (χ1v) is 15.9. The van der Waals surface area contributed by atoms with Crippen LogP contribution in [0.25, 0.3) is 0 Å². The molecule has 0 amide bonds. The van der Waals surface area contributed by atoms with Crippen LogP contribution < -0.4 is 5.30 Å². The summed E-state index contributed by atoms with van der Waals surface area (Å²) in [7, 11) is -4.55. The largest absolute Gasteiger partial charge is 0.302 e. The third-order valence-electron chi connectivity index (χ3n) is 8.03. The van der Waals surface area contributed by atoms with E-state index in [1.54, 1.807) is 119 Å². The predicted molar refractivity (Wildman–Crippen MR) is 174 cm³/mol. The van der Waals surface area contributed by atoms with Crippen LogP contribution in [0, 0.1) is 27.7 Å². The van der Waals surface area contributed by atoms with Gasteiger partial charge in [-0.15, -0.1) is 0 Å². The SMILES string of the molecule is Cc1ccc(C(=O)c2ccccc2)c(C)c1C(=O)P(=O)(C(=O)c1c(C)ccc(C(=O)c2ccccc2)c1C)c1ccccc1. The molecule has 0 bridgehead atoms.